The molecule has 12 heteroatoms. The van der Waals surface area contributed by atoms with Gasteiger partial charge in [0.2, 0.25) is 15.9 Å². The van der Waals surface area contributed by atoms with E-state index < -0.39 is 34.1 Å². The zero-order valence-electron chi connectivity index (χ0n) is 20.8. The Hall–Kier alpha value is -3.64. The van der Waals surface area contributed by atoms with Gasteiger partial charge in [0.1, 0.15) is 25.8 Å². The Morgan fingerprint density at radius 1 is 1.14 bits per heavy atom. The van der Waals surface area contributed by atoms with Crippen LogP contribution in [0.3, 0.4) is 0 Å². The summed E-state index contributed by atoms with van der Waals surface area (Å²) in [5, 5.41) is 2.57. The maximum atomic E-state index is 13.7. The molecule has 10 nitrogen and oxygen atoms in total. The number of carbonyl (C=O) groups is 2. The summed E-state index contributed by atoms with van der Waals surface area (Å²) in [6, 6.07) is 13.6. The van der Waals surface area contributed by atoms with E-state index in [1.54, 1.807) is 50.4 Å². The lowest BCUT2D eigenvalue weighted by Gasteiger charge is -2.29. The highest BCUT2D eigenvalue weighted by Crippen LogP contribution is 2.32. The summed E-state index contributed by atoms with van der Waals surface area (Å²) < 4.78 is 32.8. The van der Waals surface area contributed by atoms with Crippen molar-refractivity contribution >= 4 is 35.3 Å². The molecule has 1 aromatic heterocycles. The van der Waals surface area contributed by atoms with E-state index in [1.807, 2.05) is 12.1 Å². The number of ether oxygens (including phenoxy) is 1. The first-order chi connectivity index (χ1) is 17.6. The van der Waals surface area contributed by atoms with Gasteiger partial charge in [0.25, 0.3) is 0 Å². The standard InChI is InChI=1S/C25H28BN5O5S/c1-16(2)22(29-25(33)36-3)24(32)31-15-30(37(34,35)19-7-5-4-6-8-19)14-21(31)23-27-13-20(28-23)17-9-11-18(26)12-10-17/h4-13,16,21-22H,14-15H2,1-3H3,(H,27,28)(H,29,33)/t21?,22-/m0/s1. The number of carbonyl (C=O) groups excluding carboxylic acids is 2. The number of nitrogens with one attached hydrogen (secondary N) is 2. The number of hydrogen-bond acceptors (Lipinski definition) is 6. The highest BCUT2D eigenvalue weighted by Gasteiger charge is 2.44. The van der Waals surface area contributed by atoms with Crippen LogP contribution in [0.25, 0.3) is 11.3 Å². The van der Waals surface area contributed by atoms with Crippen LogP contribution in [0.1, 0.15) is 25.7 Å². The summed E-state index contributed by atoms with van der Waals surface area (Å²) in [5.41, 5.74) is 2.15. The first kappa shape index (κ1) is 26.4. The topological polar surface area (TPSA) is 125 Å². The van der Waals surface area contributed by atoms with Crippen LogP contribution < -0.4 is 10.8 Å². The smallest absolute Gasteiger partial charge is 0.407 e. The van der Waals surface area contributed by atoms with Gasteiger partial charge in [0.15, 0.2) is 0 Å². The monoisotopic (exact) mass is 521 g/mol. The third-order valence-corrected chi connectivity index (χ3v) is 8.06. The Balaban J connectivity index is 1.70. The third kappa shape index (κ3) is 5.54. The molecule has 0 aliphatic carbocycles. The number of alkyl carbamates (subject to hydrolysis) is 1. The van der Waals surface area contributed by atoms with E-state index in [0.29, 0.717) is 17.0 Å². The van der Waals surface area contributed by atoms with E-state index in [1.165, 1.54) is 28.4 Å². The molecule has 2 amide bonds. The lowest BCUT2D eigenvalue weighted by Crippen LogP contribution is -2.51. The van der Waals surface area contributed by atoms with Crippen LogP contribution in [0.15, 0.2) is 65.7 Å². The van der Waals surface area contributed by atoms with E-state index in [4.69, 9.17) is 12.6 Å². The third-order valence-electron chi connectivity index (χ3n) is 6.25. The van der Waals surface area contributed by atoms with Gasteiger partial charge in [-0.05, 0) is 23.6 Å². The van der Waals surface area contributed by atoms with E-state index in [9.17, 15) is 18.0 Å². The molecule has 1 unspecified atom stereocenters. The second kappa shape index (κ2) is 10.8. The number of aromatic amines is 1. The second-order valence-electron chi connectivity index (χ2n) is 9.08. The molecule has 1 fully saturated rings. The average molecular weight is 521 g/mol. The minimum Gasteiger partial charge on any atom is -0.453 e. The van der Waals surface area contributed by atoms with Gasteiger partial charge in [0, 0.05) is 6.54 Å². The maximum absolute atomic E-state index is 13.7. The number of nitrogens with zero attached hydrogens (tertiary/aromatic N) is 3. The van der Waals surface area contributed by atoms with Crippen molar-refractivity contribution in [3.63, 3.8) is 0 Å². The molecular formula is C25H28BN5O5S. The molecule has 1 saturated heterocycles. The molecule has 4 rings (SSSR count). The Labute approximate surface area is 217 Å². The largest absolute Gasteiger partial charge is 0.453 e. The van der Waals surface area contributed by atoms with Gasteiger partial charge in [-0.3, -0.25) is 4.79 Å². The molecule has 1 aliphatic heterocycles. The van der Waals surface area contributed by atoms with Gasteiger partial charge in [-0.15, -0.1) is 0 Å². The van der Waals surface area contributed by atoms with Gasteiger partial charge in [-0.2, -0.15) is 4.31 Å². The van der Waals surface area contributed by atoms with Crippen LogP contribution in [0.2, 0.25) is 0 Å². The van der Waals surface area contributed by atoms with Crippen LogP contribution in [0, 0.1) is 5.92 Å². The molecular weight excluding hydrogens is 493 g/mol. The first-order valence-corrected chi connectivity index (χ1v) is 13.2. The number of amides is 2. The molecule has 0 bridgehead atoms. The number of hydrogen-bond donors (Lipinski definition) is 2. The summed E-state index contributed by atoms with van der Waals surface area (Å²) in [7, 11) is 3.11. The highest BCUT2D eigenvalue weighted by molar-refractivity contribution is 7.89. The summed E-state index contributed by atoms with van der Waals surface area (Å²) in [4.78, 5) is 34.9. The van der Waals surface area contributed by atoms with Crippen LogP contribution in [-0.2, 0) is 19.6 Å². The summed E-state index contributed by atoms with van der Waals surface area (Å²) in [6.45, 7) is 3.35. The Morgan fingerprint density at radius 2 is 1.81 bits per heavy atom. The van der Waals surface area contributed by atoms with Gasteiger partial charge in [-0.25, -0.2) is 18.2 Å². The molecule has 2 N–H and O–H groups in total. The molecule has 2 heterocycles. The minimum atomic E-state index is -3.90. The molecule has 2 atom stereocenters. The molecule has 0 spiro atoms. The van der Waals surface area contributed by atoms with Crippen molar-refractivity contribution in [2.45, 2.75) is 30.8 Å². The predicted octanol–water partition coefficient (Wildman–Crippen LogP) is 1.78. The molecule has 2 aromatic carbocycles. The van der Waals surface area contributed by atoms with E-state index in [-0.39, 0.29) is 24.0 Å². The Morgan fingerprint density at radius 3 is 2.43 bits per heavy atom. The molecule has 3 aromatic rings. The molecule has 37 heavy (non-hydrogen) atoms. The van der Waals surface area contributed by atoms with Gasteiger partial charge >= 0.3 is 6.09 Å². The van der Waals surface area contributed by atoms with E-state index in [2.05, 4.69) is 15.3 Å². The second-order valence-corrected chi connectivity index (χ2v) is 11.0. The summed E-state index contributed by atoms with van der Waals surface area (Å²) >= 11 is 0. The SMILES string of the molecule is [B]c1ccc(-c2cnc(C3CN(S(=O)(=O)c4ccccc4)CN3C(=O)[C@@H](NC(=O)OC)C(C)C)[nH]2)cc1. The summed E-state index contributed by atoms with van der Waals surface area (Å²) in [6.07, 6.45) is 0.880. The van der Waals surface area contributed by atoms with Crippen molar-refractivity contribution in [2.24, 2.45) is 5.92 Å². The predicted molar refractivity (Wildman–Crippen MR) is 138 cm³/mol. The zero-order valence-corrected chi connectivity index (χ0v) is 21.6. The highest BCUT2D eigenvalue weighted by atomic mass is 32.2. The van der Waals surface area contributed by atoms with Gasteiger partial charge < -0.3 is 19.9 Å². The maximum Gasteiger partial charge on any atom is 0.407 e. The molecule has 1 aliphatic rings. The fourth-order valence-corrected chi connectivity index (χ4v) is 5.60. The number of H-pyrrole nitrogens is 1. The average Bonchev–Trinajstić information content (AvgIpc) is 3.56. The van der Waals surface area contributed by atoms with Crippen molar-refractivity contribution < 1.29 is 22.7 Å². The number of aromatic nitrogens is 2. The zero-order chi connectivity index (χ0) is 26.7. The minimum absolute atomic E-state index is 0.0132. The Kier molecular flexibility index (Phi) is 7.69. The van der Waals surface area contributed by atoms with E-state index in [0.717, 1.165) is 5.56 Å². The quantitative estimate of drug-likeness (QED) is 0.457. The van der Waals surface area contributed by atoms with Gasteiger partial charge in [-0.1, -0.05) is 61.8 Å². The van der Waals surface area contributed by atoms with Crippen LogP contribution in [0.5, 0.6) is 0 Å². The number of sulfonamides is 1. The van der Waals surface area contributed by atoms with Crippen LogP contribution in [0.4, 0.5) is 4.79 Å². The van der Waals surface area contributed by atoms with Crippen molar-refractivity contribution in [3.8, 4) is 11.3 Å². The van der Waals surface area contributed by atoms with Gasteiger partial charge in [0.05, 0.1) is 30.6 Å². The van der Waals surface area contributed by atoms with Crippen LogP contribution in [-0.4, -0.2) is 73.8 Å². The van der Waals surface area contributed by atoms with Crippen molar-refractivity contribution in [1.82, 2.24) is 24.5 Å². The fraction of sp³-hybridized carbons (Fsp3) is 0.320. The van der Waals surface area contributed by atoms with Crippen molar-refractivity contribution in [3.05, 3.63) is 66.6 Å². The molecule has 2 radical (unpaired) electrons. The lowest BCUT2D eigenvalue weighted by atomic mass is 9.95. The normalized spacial score (nSPS) is 17.1. The molecule has 0 saturated carbocycles. The number of methoxy groups -OCH3 is 1. The lowest BCUT2D eigenvalue weighted by molar-refractivity contribution is -0.135. The number of benzene rings is 2. The first-order valence-electron chi connectivity index (χ1n) is 11.7. The van der Waals surface area contributed by atoms with Crippen LogP contribution >= 0.6 is 0 Å². The summed E-state index contributed by atoms with van der Waals surface area (Å²) in [5.74, 6) is -0.304. The van der Waals surface area contributed by atoms with Crippen molar-refractivity contribution in [2.75, 3.05) is 20.3 Å². The van der Waals surface area contributed by atoms with Crippen molar-refractivity contribution in [1.29, 1.82) is 0 Å². The molecule has 192 valence electrons. The number of imidazole rings is 1. The number of rotatable bonds is 7. The Bertz CT molecular complexity index is 1360. The fourth-order valence-electron chi connectivity index (χ4n) is 4.18. The van der Waals surface area contributed by atoms with E-state index >= 15 is 0 Å².